The van der Waals surface area contributed by atoms with E-state index in [9.17, 15) is 9.90 Å². The van der Waals surface area contributed by atoms with Crippen molar-refractivity contribution in [3.8, 4) is 0 Å². The quantitative estimate of drug-likeness (QED) is 0.644. The van der Waals surface area contributed by atoms with E-state index in [-0.39, 0.29) is 18.4 Å². The van der Waals surface area contributed by atoms with E-state index in [0.717, 1.165) is 19.3 Å². The van der Waals surface area contributed by atoms with Crippen molar-refractivity contribution >= 4 is 5.97 Å². The monoisotopic (exact) mass is 158 g/mol. The van der Waals surface area contributed by atoms with Crippen LogP contribution in [-0.4, -0.2) is 22.3 Å². The van der Waals surface area contributed by atoms with Gasteiger partial charge in [0.05, 0.1) is 6.10 Å². The molecule has 0 radical (unpaired) electrons. The Bertz CT molecular complexity index is 144. The van der Waals surface area contributed by atoms with Gasteiger partial charge in [-0.05, 0) is 25.2 Å². The van der Waals surface area contributed by atoms with Crippen molar-refractivity contribution in [3.05, 3.63) is 0 Å². The predicted octanol–water partition coefficient (Wildman–Crippen LogP) is 1.01. The number of carboxylic acid groups (broad SMARTS) is 1. The second-order valence-electron chi connectivity index (χ2n) is 3.19. The van der Waals surface area contributed by atoms with Crippen LogP contribution in [0.2, 0.25) is 0 Å². The highest BCUT2D eigenvalue weighted by Gasteiger charge is 2.25. The van der Waals surface area contributed by atoms with Crippen LogP contribution in [0.15, 0.2) is 0 Å². The molecule has 1 fully saturated rings. The average molecular weight is 158 g/mol. The third kappa shape index (κ3) is 2.50. The number of carbonyl (C=O) groups is 1. The Morgan fingerprint density at radius 3 is 2.64 bits per heavy atom. The van der Waals surface area contributed by atoms with Gasteiger partial charge in [0, 0.05) is 6.42 Å². The first-order chi connectivity index (χ1) is 5.20. The Morgan fingerprint density at radius 2 is 2.18 bits per heavy atom. The van der Waals surface area contributed by atoms with E-state index in [0.29, 0.717) is 6.42 Å². The topological polar surface area (TPSA) is 57.5 Å². The van der Waals surface area contributed by atoms with E-state index in [1.165, 1.54) is 0 Å². The number of hydrogen-bond donors (Lipinski definition) is 2. The maximum absolute atomic E-state index is 10.2. The van der Waals surface area contributed by atoms with Crippen LogP contribution in [-0.2, 0) is 4.79 Å². The first-order valence-electron chi connectivity index (χ1n) is 4.10. The minimum absolute atomic E-state index is 0.196. The molecule has 1 rings (SSSR count). The molecule has 0 aromatic carbocycles. The van der Waals surface area contributed by atoms with Gasteiger partial charge < -0.3 is 10.2 Å². The standard InChI is InChI=1S/C8H14O3/c9-7-3-1-2-6(7)4-5-8(10)11/h6-7,9H,1-5H2,(H,10,11)/t6-,7+/m1/s1. The fourth-order valence-corrected chi connectivity index (χ4v) is 1.66. The lowest BCUT2D eigenvalue weighted by Gasteiger charge is -2.11. The van der Waals surface area contributed by atoms with Crippen LogP contribution in [0.4, 0.5) is 0 Å². The highest BCUT2D eigenvalue weighted by molar-refractivity contribution is 5.66. The van der Waals surface area contributed by atoms with Gasteiger partial charge in [0.2, 0.25) is 0 Å². The fourth-order valence-electron chi connectivity index (χ4n) is 1.66. The number of aliphatic hydroxyl groups is 1. The summed E-state index contributed by atoms with van der Waals surface area (Å²) in [7, 11) is 0. The molecule has 11 heavy (non-hydrogen) atoms. The van der Waals surface area contributed by atoms with Crippen LogP contribution in [0.1, 0.15) is 32.1 Å². The average Bonchev–Trinajstić information content (AvgIpc) is 2.31. The van der Waals surface area contributed by atoms with Crippen LogP contribution in [0.5, 0.6) is 0 Å². The highest BCUT2D eigenvalue weighted by Crippen LogP contribution is 2.28. The second-order valence-corrected chi connectivity index (χ2v) is 3.19. The minimum atomic E-state index is -0.760. The third-order valence-corrected chi connectivity index (χ3v) is 2.35. The molecule has 0 aromatic heterocycles. The maximum Gasteiger partial charge on any atom is 0.303 e. The summed E-state index contributed by atoms with van der Waals surface area (Å²) in [6.45, 7) is 0. The van der Waals surface area contributed by atoms with Gasteiger partial charge in [-0.1, -0.05) is 6.42 Å². The fraction of sp³-hybridized carbons (Fsp3) is 0.875. The Labute approximate surface area is 66.0 Å². The van der Waals surface area contributed by atoms with E-state index in [4.69, 9.17) is 5.11 Å². The third-order valence-electron chi connectivity index (χ3n) is 2.35. The zero-order chi connectivity index (χ0) is 8.27. The number of aliphatic hydroxyl groups excluding tert-OH is 1. The number of aliphatic carboxylic acids is 1. The second kappa shape index (κ2) is 3.72. The first-order valence-corrected chi connectivity index (χ1v) is 4.10. The van der Waals surface area contributed by atoms with Crippen molar-refractivity contribution < 1.29 is 15.0 Å². The zero-order valence-corrected chi connectivity index (χ0v) is 6.49. The Balaban J connectivity index is 2.20. The molecule has 1 aliphatic rings. The molecule has 2 atom stereocenters. The molecule has 0 amide bonds. The lowest BCUT2D eigenvalue weighted by molar-refractivity contribution is -0.137. The summed E-state index contributed by atoms with van der Waals surface area (Å²) in [5.41, 5.74) is 0. The largest absolute Gasteiger partial charge is 0.481 e. The van der Waals surface area contributed by atoms with Crippen molar-refractivity contribution in [2.24, 2.45) is 5.92 Å². The minimum Gasteiger partial charge on any atom is -0.481 e. The van der Waals surface area contributed by atoms with Crippen LogP contribution < -0.4 is 0 Å². The van der Waals surface area contributed by atoms with E-state index < -0.39 is 5.97 Å². The molecule has 1 aliphatic carbocycles. The van der Waals surface area contributed by atoms with Gasteiger partial charge in [0.1, 0.15) is 0 Å². The van der Waals surface area contributed by atoms with Gasteiger partial charge >= 0.3 is 5.97 Å². The molecule has 3 nitrogen and oxygen atoms in total. The summed E-state index contributed by atoms with van der Waals surface area (Å²) < 4.78 is 0. The molecule has 1 saturated carbocycles. The Kier molecular flexibility index (Phi) is 2.88. The van der Waals surface area contributed by atoms with Gasteiger partial charge in [-0.25, -0.2) is 0 Å². The molecule has 0 heterocycles. The lowest BCUT2D eigenvalue weighted by atomic mass is 10.00. The van der Waals surface area contributed by atoms with E-state index >= 15 is 0 Å². The normalized spacial score (nSPS) is 30.6. The molecule has 0 spiro atoms. The summed E-state index contributed by atoms with van der Waals surface area (Å²) in [6, 6.07) is 0. The van der Waals surface area contributed by atoms with Crippen LogP contribution in [0.3, 0.4) is 0 Å². The van der Waals surface area contributed by atoms with Crippen molar-refractivity contribution in [3.63, 3.8) is 0 Å². The van der Waals surface area contributed by atoms with Crippen molar-refractivity contribution in [2.45, 2.75) is 38.2 Å². The molecule has 0 bridgehead atoms. The molecule has 0 aromatic rings. The Morgan fingerprint density at radius 1 is 1.45 bits per heavy atom. The molecule has 2 N–H and O–H groups in total. The summed E-state index contributed by atoms with van der Waals surface area (Å²) in [4.78, 5) is 10.2. The molecular weight excluding hydrogens is 144 g/mol. The van der Waals surface area contributed by atoms with Gasteiger partial charge in [-0.2, -0.15) is 0 Å². The molecule has 0 unspecified atom stereocenters. The molecule has 64 valence electrons. The summed E-state index contributed by atoms with van der Waals surface area (Å²) in [5, 5.41) is 17.7. The number of carboxylic acids is 1. The summed E-state index contributed by atoms with van der Waals surface area (Å²) in [5.74, 6) is -0.518. The SMILES string of the molecule is O=C(O)CC[C@H]1CCC[C@@H]1O. The maximum atomic E-state index is 10.2. The Hall–Kier alpha value is -0.570. The van der Waals surface area contributed by atoms with Crippen LogP contribution in [0.25, 0.3) is 0 Å². The van der Waals surface area contributed by atoms with Crippen molar-refractivity contribution in [1.29, 1.82) is 0 Å². The lowest BCUT2D eigenvalue weighted by Crippen LogP contribution is -2.14. The first kappa shape index (κ1) is 8.53. The molecule has 3 heteroatoms. The van der Waals surface area contributed by atoms with Crippen molar-refractivity contribution in [2.75, 3.05) is 0 Å². The number of rotatable bonds is 3. The predicted molar refractivity (Wildman–Crippen MR) is 40.2 cm³/mol. The highest BCUT2D eigenvalue weighted by atomic mass is 16.4. The number of hydrogen-bond acceptors (Lipinski definition) is 2. The summed E-state index contributed by atoms with van der Waals surface area (Å²) in [6.07, 6.45) is 3.48. The summed E-state index contributed by atoms with van der Waals surface area (Å²) >= 11 is 0. The van der Waals surface area contributed by atoms with Gasteiger partial charge in [0.15, 0.2) is 0 Å². The van der Waals surface area contributed by atoms with E-state index in [2.05, 4.69) is 0 Å². The van der Waals surface area contributed by atoms with Gasteiger partial charge in [0.25, 0.3) is 0 Å². The zero-order valence-electron chi connectivity index (χ0n) is 6.49. The molecule has 0 saturated heterocycles. The van der Waals surface area contributed by atoms with Gasteiger partial charge in [-0.15, -0.1) is 0 Å². The van der Waals surface area contributed by atoms with E-state index in [1.807, 2.05) is 0 Å². The molecule has 0 aliphatic heterocycles. The van der Waals surface area contributed by atoms with Crippen LogP contribution >= 0.6 is 0 Å². The van der Waals surface area contributed by atoms with E-state index in [1.54, 1.807) is 0 Å². The van der Waals surface area contributed by atoms with Crippen molar-refractivity contribution in [1.82, 2.24) is 0 Å². The van der Waals surface area contributed by atoms with Crippen LogP contribution in [0, 0.1) is 5.92 Å². The molecular formula is C8H14O3. The smallest absolute Gasteiger partial charge is 0.303 e. The van der Waals surface area contributed by atoms with Gasteiger partial charge in [-0.3, -0.25) is 4.79 Å².